The van der Waals surface area contributed by atoms with Gasteiger partial charge in [-0.3, -0.25) is 0 Å². The minimum atomic E-state index is -4.72. The molecule has 0 aromatic carbocycles. The molecular formula is C8H9F3N2O. The van der Waals surface area contributed by atoms with Crippen LogP contribution in [0.25, 0.3) is 0 Å². The Morgan fingerprint density at radius 2 is 2.07 bits per heavy atom. The van der Waals surface area contributed by atoms with E-state index < -0.39 is 12.2 Å². The van der Waals surface area contributed by atoms with E-state index in [4.69, 9.17) is 5.73 Å². The SMILES string of the molecule is Cc1cc(CN)cc(OC(F)(F)F)n1. The first-order chi connectivity index (χ1) is 6.40. The van der Waals surface area contributed by atoms with E-state index in [1.54, 1.807) is 13.0 Å². The quantitative estimate of drug-likeness (QED) is 0.801. The summed E-state index contributed by atoms with van der Waals surface area (Å²) >= 11 is 0. The molecule has 0 aliphatic heterocycles. The Balaban J connectivity index is 2.92. The zero-order valence-electron chi connectivity index (χ0n) is 7.43. The van der Waals surface area contributed by atoms with Crippen molar-refractivity contribution in [2.24, 2.45) is 5.73 Å². The molecule has 0 aliphatic rings. The van der Waals surface area contributed by atoms with E-state index in [-0.39, 0.29) is 6.54 Å². The summed E-state index contributed by atoms with van der Waals surface area (Å²) in [4.78, 5) is 3.57. The van der Waals surface area contributed by atoms with Gasteiger partial charge in [0, 0.05) is 18.3 Å². The number of nitrogens with two attached hydrogens (primary N) is 1. The molecule has 0 bridgehead atoms. The van der Waals surface area contributed by atoms with Gasteiger partial charge in [-0.2, -0.15) is 0 Å². The molecule has 14 heavy (non-hydrogen) atoms. The van der Waals surface area contributed by atoms with Crippen LogP contribution in [0.15, 0.2) is 12.1 Å². The fourth-order valence-corrected chi connectivity index (χ4v) is 0.996. The van der Waals surface area contributed by atoms with Gasteiger partial charge in [-0.25, -0.2) is 4.98 Å². The van der Waals surface area contributed by atoms with E-state index >= 15 is 0 Å². The van der Waals surface area contributed by atoms with Crippen LogP contribution in [0.2, 0.25) is 0 Å². The van der Waals surface area contributed by atoms with Crippen LogP contribution in [0.1, 0.15) is 11.3 Å². The Morgan fingerprint density at radius 1 is 1.43 bits per heavy atom. The highest BCUT2D eigenvalue weighted by Crippen LogP contribution is 2.21. The van der Waals surface area contributed by atoms with Crippen LogP contribution < -0.4 is 10.5 Å². The lowest BCUT2D eigenvalue weighted by Crippen LogP contribution is -2.18. The van der Waals surface area contributed by atoms with Gasteiger partial charge in [0.05, 0.1) is 0 Å². The number of halogens is 3. The zero-order valence-corrected chi connectivity index (χ0v) is 7.43. The molecule has 0 saturated heterocycles. The summed E-state index contributed by atoms with van der Waals surface area (Å²) in [6.07, 6.45) is -4.72. The van der Waals surface area contributed by atoms with Crippen molar-refractivity contribution >= 4 is 0 Å². The second-order valence-corrected chi connectivity index (χ2v) is 2.71. The predicted molar refractivity (Wildman–Crippen MR) is 43.5 cm³/mol. The van der Waals surface area contributed by atoms with Crippen molar-refractivity contribution in [2.75, 3.05) is 0 Å². The number of ether oxygens (including phenoxy) is 1. The number of alkyl halides is 3. The van der Waals surface area contributed by atoms with Crippen LogP contribution in [-0.4, -0.2) is 11.3 Å². The summed E-state index contributed by atoms with van der Waals surface area (Å²) in [6.45, 7) is 1.72. The highest BCUT2D eigenvalue weighted by atomic mass is 19.4. The van der Waals surface area contributed by atoms with Gasteiger partial charge in [0.25, 0.3) is 0 Å². The van der Waals surface area contributed by atoms with Crippen molar-refractivity contribution in [1.29, 1.82) is 0 Å². The number of pyridine rings is 1. The Bertz CT molecular complexity index is 325. The van der Waals surface area contributed by atoms with Crippen LogP contribution in [-0.2, 0) is 6.54 Å². The number of aryl methyl sites for hydroxylation is 1. The summed E-state index contributed by atoms with van der Waals surface area (Å²) < 4.78 is 39.1. The maximum absolute atomic E-state index is 11.8. The molecule has 0 amide bonds. The topological polar surface area (TPSA) is 48.1 Å². The Labute approximate surface area is 78.7 Å². The highest BCUT2D eigenvalue weighted by Gasteiger charge is 2.31. The van der Waals surface area contributed by atoms with Gasteiger partial charge in [0.2, 0.25) is 5.88 Å². The van der Waals surface area contributed by atoms with Crippen molar-refractivity contribution in [3.63, 3.8) is 0 Å². The normalized spacial score (nSPS) is 11.5. The molecule has 1 aromatic rings. The van der Waals surface area contributed by atoms with Gasteiger partial charge < -0.3 is 10.5 Å². The lowest BCUT2D eigenvalue weighted by Gasteiger charge is -2.09. The molecule has 1 aromatic heterocycles. The van der Waals surface area contributed by atoms with Crippen LogP contribution in [0.5, 0.6) is 5.88 Å². The van der Waals surface area contributed by atoms with Crippen molar-refractivity contribution in [3.8, 4) is 5.88 Å². The van der Waals surface area contributed by atoms with Gasteiger partial charge in [-0.15, -0.1) is 13.2 Å². The smallest absolute Gasteiger partial charge is 0.388 e. The first kappa shape index (κ1) is 10.8. The minimum absolute atomic E-state index is 0.150. The molecule has 0 aliphatic carbocycles. The van der Waals surface area contributed by atoms with Crippen LogP contribution in [0.4, 0.5) is 13.2 Å². The average Bonchev–Trinajstić information content (AvgIpc) is 1.99. The van der Waals surface area contributed by atoms with Crippen molar-refractivity contribution in [2.45, 2.75) is 19.8 Å². The molecule has 1 heterocycles. The number of hydrogen-bond acceptors (Lipinski definition) is 3. The first-order valence-electron chi connectivity index (χ1n) is 3.84. The summed E-state index contributed by atoms with van der Waals surface area (Å²) in [5, 5.41) is 0. The van der Waals surface area contributed by atoms with E-state index in [0.29, 0.717) is 11.3 Å². The highest BCUT2D eigenvalue weighted by molar-refractivity contribution is 5.24. The Morgan fingerprint density at radius 3 is 2.57 bits per heavy atom. The first-order valence-corrected chi connectivity index (χ1v) is 3.84. The lowest BCUT2D eigenvalue weighted by molar-refractivity contribution is -0.276. The fraction of sp³-hybridized carbons (Fsp3) is 0.375. The second-order valence-electron chi connectivity index (χ2n) is 2.71. The zero-order chi connectivity index (χ0) is 10.8. The third-order valence-electron chi connectivity index (χ3n) is 1.45. The van der Waals surface area contributed by atoms with Crippen LogP contribution in [0.3, 0.4) is 0 Å². The van der Waals surface area contributed by atoms with Gasteiger partial charge in [-0.05, 0) is 18.6 Å². The molecule has 6 heteroatoms. The molecule has 0 fully saturated rings. The summed E-state index contributed by atoms with van der Waals surface area (Å²) in [6, 6.07) is 2.77. The number of aromatic nitrogens is 1. The molecular weight excluding hydrogens is 197 g/mol. The minimum Gasteiger partial charge on any atom is -0.388 e. The van der Waals surface area contributed by atoms with E-state index in [1.165, 1.54) is 6.07 Å². The van der Waals surface area contributed by atoms with Gasteiger partial charge >= 0.3 is 6.36 Å². The summed E-state index contributed by atoms with van der Waals surface area (Å²) in [5.74, 6) is -0.474. The van der Waals surface area contributed by atoms with Gasteiger partial charge in [0.15, 0.2) is 0 Å². The Kier molecular flexibility index (Phi) is 2.95. The van der Waals surface area contributed by atoms with Gasteiger partial charge in [0.1, 0.15) is 0 Å². The summed E-state index contributed by atoms with van der Waals surface area (Å²) in [5.41, 5.74) is 6.28. The standard InChI is InChI=1S/C8H9F3N2O/c1-5-2-6(4-12)3-7(13-5)14-8(9,10)11/h2-3H,4,12H2,1H3. The third kappa shape index (κ3) is 3.21. The van der Waals surface area contributed by atoms with E-state index in [1.807, 2.05) is 0 Å². The maximum atomic E-state index is 11.8. The molecule has 78 valence electrons. The van der Waals surface area contributed by atoms with E-state index in [0.717, 1.165) is 0 Å². The number of hydrogen-bond donors (Lipinski definition) is 1. The summed E-state index contributed by atoms with van der Waals surface area (Å²) in [7, 11) is 0. The molecule has 0 saturated carbocycles. The van der Waals surface area contributed by atoms with Crippen molar-refractivity contribution in [1.82, 2.24) is 4.98 Å². The van der Waals surface area contributed by atoms with E-state index in [9.17, 15) is 13.2 Å². The lowest BCUT2D eigenvalue weighted by atomic mass is 10.2. The number of rotatable bonds is 2. The molecule has 0 atom stereocenters. The maximum Gasteiger partial charge on any atom is 0.574 e. The van der Waals surface area contributed by atoms with E-state index in [2.05, 4.69) is 9.72 Å². The van der Waals surface area contributed by atoms with Crippen molar-refractivity contribution < 1.29 is 17.9 Å². The van der Waals surface area contributed by atoms with Crippen molar-refractivity contribution in [3.05, 3.63) is 23.4 Å². The molecule has 0 spiro atoms. The molecule has 0 radical (unpaired) electrons. The van der Waals surface area contributed by atoms with Crippen LogP contribution >= 0.6 is 0 Å². The number of nitrogens with zero attached hydrogens (tertiary/aromatic N) is 1. The largest absolute Gasteiger partial charge is 0.574 e. The predicted octanol–water partition coefficient (Wildman–Crippen LogP) is 1.75. The van der Waals surface area contributed by atoms with Crippen LogP contribution in [0, 0.1) is 6.92 Å². The molecule has 0 unspecified atom stereocenters. The Hall–Kier alpha value is -1.30. The van der Waals surface area contributed by atoms with Gasteiger partial charge in [-0.1, -0.05) is 0 Å². The molecule has 1 rings (SSSR count). The third-order valence-corrected chi connectivity index (χ3v) is 1.45. The molecule has 2 N–H and O–H groups in total. The monoisotopic (exact) mass is 206 g/mol. The second kappa shape index (κ2) is 3.83. The average molecular weight is 206 g/mol. The molecule has 3 nitrogen and oxygen atoms in total. The fourth-order valence-electron chi connectivity index (χ4n) is 0.996.